The van der Waals surface area contributed by atoms with Gasteiger partial charge in [0.15, 0.2) is 5.43 Å². The predicted molar refractivity (Wildman–Crippen MR) is 111 cm³/mol. The quantitative estimate of drug-likeness (QED) is 0.698. The molecule has 1 aliphatic rings. The highest BCUT2D eigenvalue weighted by molar-refractivity contribution is 5.85. The summed E-state index contributed by atoms with van der Waals surface area (Å²) in [6.07, 6.45) is 3.60. The molecule has 1 N–H and O–H groups in total. The number of phenols is 1. The largest absolute Gasteiger partial charge is 0.507 e. The molecule has 0 unspecified atom stereocenters. The van der Waals surface area contributed by atoms with Crippen molar-refractivity contribution in [3.63, 3.8) is 0 Å². The van der Waals surface area contributed by atoms with Gasteiger partial charge in [0.05, 0.1) is 10.9 Å². The van der Waals surface area contributed by atoms with Gasteiger partial charge >= 0.3 is 0 Å². The summed E-state index contributed by atoms with van der Waals surface area (Å²) in [6.45, 7) is 4.42. The van der Waals surface area contributed by atoms with Gasteiger partial charge in [0.1, 0.15) is 17.1 Å². The molecule has 2 heterocycles. The van der Waals surface area contributed by atoms with Gasteiger partial charge in [0.25, 0.3) is 0 Å². The summed E-state index contributed by atoms with van der Waals surface area (Å²) >= 11 is 0. The first-order valence-corrected chi connectivity index (χ1v) is 9.21. The average molecular weight is 386 g/mol. The molecule has 5 heteroatoms. The van der Waals surface area contributed by atoms with Crippen molar-refractivity contribution in [3.05, 3.63) is 63.8 Å². The second-order valence-corrected chi connectivity index (χ2v) is 7.03. The number of hydrogen-bond acceptors (Lipinski definition) is 4. The van der Waals surface area contributed by atoms with E-state index >= 15 is 0 Å². The van der Waals surface area contributed by atoms with E-state index in [0.717, 1.165) is 18.7 Å². The molecule has 4 rings (SSSR count). The fourth-order valence-corrected chi connectivity index (χ4v) is 3.76. The van der Waals surface area contributed by atoms with E-state index in [-0.39, 0.29) is 23.6 Å². The zero-order valence-electron chi connectivity index (χ0n) is 15.4. The number of rotatable bonds is 3. The zero-order chi connectivity index (χ0) is 18.1. The Balaban J connectivity index is 0.00000210. The second-order valence-electron chi connectivity index (χ2n) is 7.03. The molecule has 0 radical (unpaired) electrons. The molecule has 1 saturated heterocycles. The van der Waals surface area contributed by atoms with Crippen LogP contribution in [0, 0.1) is 6.92 Å². The maximum Gasteiger partial charge on any atom is 0.196 e. The van der Waals surface area contributed by atoms with Crippen LogP contribution in [-0.4, -0.2) is 23.1 Å². The van der Waals surface area contributed by atoms with Gasteiger partial charge in [0.2, 0.25) is 0 Å². The van der Waals surface area contributed by atoms with Crippen molar-refractivity contribution < 1.29 is 9.52 Å². The van der Waals surface area contributed by atoms with Gasteiger partial charge in [-0.05, 0) is 45.0 Å². The minimum atomic E-state index is -0.0370. The zero-order valence-corrected chi connectivity index (χ0v) is 16.2. The first kappa shape index (κ1) is 19.5. The molecule has 0 bridgehead atoms. The minimum absolute atomic E-state index is 0. The first-order valence-electron chi connectivity index (χ1n) is 9.21. The van der Waals surface area contributed by atoms with Crippen LogP contribution in [0.1, 0.15) is 30.4 Å². The van der Waals surface area contributed by atoms with E-state index in [1.807, 2.05) is 30.3 Å². The van der Waals surface area contributed by atoms with Gasteiger partial charge in [0, 0.05) is 17.7 Å². The topological polar surface area (TPSA) is 53.7 Å². The molecule has 0 saturated carbocycles. The number of fused-ring (bicyclic) bond motifs is 1. The number of aromatic hydroxyl groups is 1. The Kier molecular flexibility index (Phi) is 5.88. The van der Waals surface area contributed by atoms with Crippen LogP contribution in [0.2, 0.25) is 0 Å². The van der Waals surface area contributed by atoms with Gasteiger partial charge < -0.3 is 9.52 Å². The van der Waals surface area contributed by atoms with E-state index in [1.165, 1.54) is 19.3 Å². The lowest BCUT2D eigenvalue weighted by Crippen LogP contribution is -2.29. The summed E-state index contributed by atoms with van der Waals surface area (Å²) in [4.78, 5) is 15.2. The highest BCUT2D eigenvalue weighted by Crippen LogP contribution is 2.32. The van der Waals surface area contributed by atoms with Gasteiger partial charge in [-0.1, -0.05) is 36.8 Å². The normalized spacial score (nSPS) is 14.9. The van der Waals surface area contributed by atoms with Crippen LogP contribution in [0.3, 0.4) is 0 Å². The highest BCUT2D eigenvalue weighted by Gasteiger charge is 2.20. The summed E-state index contributed by atoms with van der Waals surface area (Å²) in [5.74, 6) is 0.766. The molecule has 4 nitrogen and oxygen atoms in total. The third-order valence-corrected chi connectivity index (χ3v) is 5.23. The maximum absolute atomic E-state index is 12.9. The molecule has 3 aromatic rings. The Morgan fingerprint density at radius 3 is 2.44 bits per heavy atom. The SMILES string of the molecule is Cc1c(-c2ccccc2)oc2c(CN3CCCCC3)c(O)ccc2c1=O.Cl. The monoisotopic (exact) mass is 385 g/mol. The smallest absolute Gasteiger partial charge is 0.196 e. The van der Waals surface area contributed by atoms with E-state index < -0.39 is 0 Å². The number of nitrogens with zero attached hydrogens (tertiary/aromatic N) is 1. The van der Waals surface area contributed by atoms with Crippen molar-refractivity contribution in [1.29, 1.82) is 0 Å². The summed E-state index contributed by atoms with van der Waals surface area (Å²) in [7, 11) is 0. The van der Waals surface area contributed by atoms with Gasteiger partial charge in [-0.25, -0.2) is 0 Å². The number of halogens is 1. The van der Waals surface area contributed by atoms with E-state index in [0.29, 0.717) is 34.4 Å². The van der Waals surface area contributed by atoms with Gasteiger partial charge in [-0.3, -0.25) is 9.69 Å². The molecule has 27 heavy (non-hydrogen) atoms. The maximum atomic E-state index is 12.9. The van der Waals surface area contributed by atoms with Crippen molar-refractivity contribution in [2.45, 2.75) is 32.7 Å². The Morgan fingerprint density at radius 1 is 1.04 bits per heavy atom. The summed E-state index contributed by atoms with van der Waals surface area (Å²) in [6, 6.07) is 12.9. The molecule has 0 atom stereocenters. The van der Waals surface area contributed by atoms with E-state index in [1.54, 1.807) is 19.1 Å². The predicted octanol–water partition coefficient (Wildman–Crippen LogP) is 4.88. The van der Waals surface area contributed by atoms with Gasteiger partial charge in [-0.2, -0.15) is 0 Å². The molecule has 1 fully saturated rings. The standard InChI is InChI=1S/C22H23NO3.ClH/c1-15-20(25)17-10-11-19(24)18(14-23-12-6-3-7-13-23)22(17)26-21(15)16-8-4-2-5-9-16;/h2,4-5,8-11,24H,3,6-7,12-14H2,1H3;1H. The first-order chi connectivity index (χ1) is 12.6. The highest BCUT2D eigenvalue weighted by atomic mass is 35.5. The summed E-state index contributed by atoms with van der Waals surface area (Å²) in [5, 5.41) is 11.0. The second kappa shape index (κ2) is 8.15. The Hall–Kier alpha value is -2.30. The minimum Gasteiger partial charge on any atom is -0.507 e. The van der Waals surface area contributed by atoms with E-state index in [9.17, 15) is 9.90 Å². The van der Waals surface area contributed by atoms with Crippen LogP contribution in [-0.2, 0) is 6.54 Å². The molecule has 1 aliphatic heterocycles. The molecule has 2 aromatic carbocycles. The lowest BCUT2D eigenvalue weighted by atomic mass is 10.0. The summed E-state index contributed by atoms with van der Waals surface area (Å²) < 4.78 is 6.23. The van der Waals surface area contributed by atoms with Crippen molar-refractivity contribution in [3.8, 4) is 17.1 Å². The Morgan fingerprint density at radius 2 is 1.74 bits per heavy atom. The number of likely N-dealkylation sites (tertiary alicyclic amines) is 1. The van der Waals surface area contributed by atoms with Crippen molar-refractivity contribution >= 4 is 23.4 Å². The summed E-state index contributed by atoms with van der Waals surface area (Å²) in [5.41, 5.74) is 2.64. The average Bonchev–Trinajstić information content (AvgIpc) is 2.68. The van der Waals surface area contributed by atoms with Crippen molar-refractivity contribution in [1.82, 2.24) is 4.90 Å². The number of phenolic OH excluding ortho intramolecular Hbond substituents is 1. The molecule has 142 valence electrons. The molecular weight excluding hydrogens is 362 g/mol. The van der Waals surface area contributed by atoms with E-state index in [2.05, 4.69) is 4.90 Å². The van der Waals surface area contributed by atoms with Crippen LogP contribution in [0.25, 0.3) is 22.3 Å². The lowest BCUT2D eigenvalue weighted by molar-refractivity contribution is 0.218. The van der Waals surface area contributed by atoms with Gasteiger partial charge in [-0.15, -0.1) is 12.4 Å². The molecular formula is C22H24ClNO3. The third kappa shape index (κ3) is 3.73. The number of hydrogen-bond donors (Lipinski definition) is 1. The fraction of sp³-hybridized carbons (Fsp3) is 0.318. The van der Waals surface area contributed by atoms with Crippen molar-refractivity contribution in [2.75, 3.05) is 13.1 Å². The van der Waals surface area contributed by atoms with Crippen LogP contribution in [0.15, 0.2) is 51.7 Å². The molecule has 0 amide bonds. The fourth-order valence-electron chi connectivity index (χ4n) is 3.76. The molecule has 0 spiro atoms. The van der Waals surface area contributed by atoms with Crippen LogP contribution in [0.4, 0.5) is 0 Å². The number of piperidine rings is 1. The Bertz CT molecular complexity index is 992. The molecule has 0 aliphatic carbocycles. The van der Waals surface area contributed by atoms with Crippen molar-refractivity contribution in [2.24, 2.45) is 0 Å². The lowest BCUT2D eigenvalue weighted by Gasteiger charge is -2.27. The Labute approximate surface area is 164 Å². The third-order valence-electron chi connectivity index (χ3n) is 5.23. The van der Waals surface area contributed by atoms with E-state index in [4.69, 9.17) is 4.42 Å². The molecule has 1 aromatic heterocycles. The van der Waals surface area contributed by atoms with Crippen LogP contribution < -0.4 is 5.43 Å². The van der Waals surface area contributed by atoms with Crippen LogP contribution >= 0.6 is 12.4 Å². The van der Waals surface area contributed by atoms with Crippen LogP contribution in [0.5, 0.6) is 5.75 Å². The number of benzene rings is 2.